The Morgan fingerprint density at radius 2 is 1.70 bits per heavy atom. The molecule has 1 saturated heterocycles. The maximum atomic E-state index is 14.4. The summed E-state index contributed by atoms with van der Waals surface area (Å²) in [6.45, 7) is 4.04. The molecule has 0 bridgehead atoms. The monoisotopic (exact) mass is 628 g/mol. The van der Waals surface area contributed by atoms with Crippen molar-refractivity contribution in [2.24, 2.45) is 7.05 Å². The number of nitrogens with zero attached hydrogens (tertiary/aromatic N) is 8. The van der Waals surface area contributed by atoms with E-state index < -0.39 is 11.9 Å². The molecule has 5 heterocycles. The maximum absolute atomic E-state index is 14.4. The molecule has 0 saturated carbocycles. The number of pyridine rings is 1. The molecule has 0 unspecified atom stereocenters. The van der Waals surface area contributed by atoms with E-state index in [2.05, 4.69) is 15.1 Å². The predicted molar refractivity (Wildman–Crippen MR) is 167 cm³/mol. The van der Waals surface area contributed by atoms with E-state index in [9.17, 15) is 22.8 Å². The number of alkyl halides is 3. The Balaban J connectivity index is 1.35. The van der Waals surface area contributed by atoms with Gasteiger partial charge in [-0.1, -0.05) is 0 Å². The molecule has 1 fully saturated rings. The Kier molecular flexibility index (Phi) is 7.06. The Bertz CT molecular complexity index is 2000. The second kappa shape index (κ2) is 11.0. The van der Waals surface area contributed by atoms with E-state index in [1.807, 2.05) is 24.0 Å². The zero-order chi connectivity index (χ0) is 32.3. The Hall–Kier alpha value is -5.20. The number of likely N-dealkylation sites (N-methyl/N-ethyl adjacent to an activating group) is 1. The summed E-state index contributed by atoms with van der Waals surface area (Å²) < 4.78 is 45.4. The summed E-state index contributed by atoms with van der Waals surface area (Å²) in [5.41, 5.74) is 3.29. The number of aromatic nitrogens is 5. The van der Waals surface area contributed by atoms with Gasteiger partial charge in [0.25, 0.3) is 5.91 Å². The molecule has 2 aliphatic heterocycles. The lowest BCUT2D eigenvalue weighted by Gasteiger charge is -2.35. The highest BCUT2D eigenvalue weighted by Gasteiger charge is 2.39. The van der Waals surface area contributed by atoms with Crippen molar-refractivity contribution >= 4 is 34.0 Å². The van der Waals surface area contributed by atoms with Gasteiger partial charge in [-0.25, -0.2) is 4.98 Å². The van der Waals surface area contributed by atoms with Crippen LogP contribution < -0.4 is 9.80 Å². The zero-order valence-electron chi connectivity index (χ0n) is 25.5. The molecule has 2 aromatic carbocycles. The number of fused-ring (bicyclic) bond motifs is 2. The van der Waals surface area contributed by atoms with Crippen molar-refractivity contribution in [2.45, 2.75) is 26.1 Å². The highest BCUT2D eigenvalue weighted by Crippen LogP contribution is 2.42. The van der Waals surface area contributed by atoms with Crippen molar-refractivity contribution in [3.63, 3.8) is 0 Å². The molecule has 2 aliphatic rings. The van der Waals surface area contributed by atoms with Crippen LogP contribution in [0.5, 0.6) is 0 Å². The number of imidazole rings is 1. The van der Waals surface area contributed by atoms with Gasteiger partial charge < -0.3 is 19.3 Å². The summed E-state index contributed by atoms with van der Waals surface area (Å²) in [5.74, 6) is -0.294. The first-order chi connectivity index (χ1) is 22.0. The summed E-state index contributed by atoms with van der Waals surface area (Å²) in [4.78, 5) is 41.0. The Morgan fingerprint density at radius 3 is 2.43 bits per heavy atom. The lowest BCUT2D eigenvalue weighted by Crippen LogP contribution is -2.48. The normalized spacial score (nSPS) is 15.7. The number of amides is 2. The van der Waals surface area contributed by atoms with Gasteiger partial charge in [-0.15, -0.1) is 0 Å². The first kappa shape index (κ1) is 29.5. The molecule has 0 spiro atoms. The van der Waals surface area contributed by atoms with E-state index >= 15 is 0 Å². The van der Waals surface area contributed by atoms with Gasteiger partial charge in [0, 0.05) is 92.6 Å². The van der Waals surface area contributed by atoms with E-state index in [-0.39, 0.29) is 30.5 Å². The number of hydrogen-bond acceptors (Lipinski definition) is 6. The third-order valence-corrected chi connectivity index (χ3v) is 8.75. The average Bonchev–Trinajstić information content (AvgIpc) is 3.68. The second-order valence-corrected chi connectivity index (χ2v) is 11.9. The lowest BCUT2D eigenvalue weighted by molar-refractivity contribution is -0.141. The minimum atomic E-state index is -4.67. The minimum Gasteiger partial charge on any atom is -0.360 e. The van der Waals surface area contributed by atoms with E-state index in [1.165, 1.54) is 13.2 Å². The van der Waals surface area contributed by atoms with Gasteiger partial charge >= 0.3 is 6.18 Å². The van der Waals surface area contributed by atoms with E-state index in [0.29, 0.717) is 54.0 Å². The summed E-state index contributed by atoms with van der Waals surface area (Å²) in [6, 6.07) is 7.52. The number of halogens is 3. The second-order valence-electron chi connectivity index (χ2n) is 11.9. The van der Waals surface area contributed by atoms with Crippen molar-refractivity contribution < 1.29 is 22.8 Å². The number of piperazine rings is 1. The number of aryl methyl sites for hydroxylation is 2. The van der Waals surface area contributed by atoms with E-state index in [1.54, 1.807) is 64.7 Å². The van der Waals surface area contributed by atoms with Crippen molar-refractivity contribution in [2.75, 3.05) is 43.0 Å². The van der Waals surface area contributed by atoms with Gasteiger partial charge in [0.2, 0.25) is 5.91 Å². The van der Waals surface area contributed by atoms with E-state index in [0.717, 1.165) is 26.7 Å². The third-order valence-electron chi connectivity index (χ3n) is 8.75. The lowest BCUT2D eigenvalue weighted by atomic mass is 9.87. The number of anilines is 2. The van der Waals surface area contributed by atoms with E-state index in [4.69, 9.17) is 0 Å². The molecule has 0 radical (unpaired) electrons. The van der Waals surface area contributed by atoms with Crippen LogP contribution in [-0.4, -0.2) is 74.3 Å². The fourth-order valence-corrected chi connectivity index (χ4v) is 6.53. The van der Waals surface area contributed by atoms with Crippen molar-refractivity contribution in [3.05, 3.63) is 89.5 Å². The molecule has 2 amide bonds. The molecule has 7 rings (SSSR count). The van der Waals surface area contributed by atoms with Crippen LogP contribution in [0.4, 0.5) is 24.5 Å². The van der Waals surface area contributed by atoms with Gasteiger partial charge in [-0.2, -0.15) is 18.3 Å². The molecular formula is C33H31F3N8O2. The van der Waals surface area contributed by atoms with Gasteiger partial charge in [-0.05, 0) is 59.9 Å². The van der Waals surface area contributed by atoms with Crippen LogP contribution in [0.25, 0.3) is 21.9 Å². The molecule has 13 heteroatoms. The first-order valence-electron chi connectivity index (χ1n) is 14.9. The van der Waals surface area contributed by atoms with Crippen LogP contribution in [0.3, 0.4) is 0 Å². The fraction of sp³-hybridized carbons (Fsp3) is 0.303. The minimum absolute atomic E-state index is 0.0254. The summed E-state index contributed by atoms with van der Waals surface area (Å²) >= 11 is 0. The van der Waals surface area contributed by atoms with Crippen LogP contribution in [0, 0.1) is 6.92 Å². The van der Waals surface area contributed by atoms with Crippen molar-refractivity contribution in [1.82, 2.24) is 29.2 Å². The Morgan fingerprint density at radius 1 is 0.891 bits per heavy atom. The summed E-state index contributed by atoms with van der Waals surface area (Å²) in [7, 11) is 3.24. The number of hydrogen-bond donors (Lipinski definition) is 0. The quantitative estimate of drug-likeness (QED) is 0.281. The van der Waals surface area contributed by atoms with Crippen LogP contribution in [0.1, 0.15) is 32.7 Å². The molecule has 3 aromatic heterocycles. The zero-order valence-corrected chi connectivity index (χ0v) is 25.5. The highest BCUT2D eigenvalue weighted by molar-refractivity contribution is 6.14. The number of carbonyl (C=O) groups excluding carboxylic acids is 2. The molecular weight excluding hydrogens is 597 g/mol. The number of benzene rings is 2. The summed E-state index contributed by atoms with van der Waals surface area (Å²) in [5, 5.41) is 5.37. The molecule has 0 aliphatic carbocycles. The third kappa shape index (κ3) is 5.15. The van der Waals surface area contributed by atoms with Crippen LogP contribution >= 0.6 is 0 Å². The predicted octanol–water partition coefficient (Wildman–Crippen LogP) is 4.69. The topological polar surface area (TPSA) is 92.4 Å². The van der Waals surface area contributed by atoms with Gasteiger partial charge in [-0.3, -0.25) is 19.3 Å². The largest absolute Gasteiger partial charge is 0.435 e. The SMILES string of the molecule is Cc1cc(N2CCN(C)C(=O)C2)c2cncc(N3CCc4c(cc(Cn5ccnc5)cc4-c4cn(C)nc4C(F)(F)F)C3=O)c2c1. The van der Waals surface area contributed by atoms with Crippen LogP contribution in [0.2, 0.25) is 0 Å². The van der Waals surface area contributed by atoms with Gasteiger partial charge in [0.1, 0.15) is 0 Å². The fourth-order valence-electron chi connectivity index (χ4n) is 6.53. The number of rotatable bonds is 5. The average molecular weight is 629 g/mol. The van der Waals surface area contributed by atoms with Crippen molar-refractivity contribution in [3.8, 4) is 11.1 Å². The molecule has 46 heavy (non-hydrogen) atoms. The van der Waals surface area contributed by atoms with Crippen LogP contribution in [0.15, 0.2) is 61.6 Å². The summed E-state index contributed by atoms with van der Waals surface area (Å²) in [6.07, 6.45) is 5.42. The highest BCUT2D eigenvalue weighted by atomic mass is 19.4. The van der Waals surface area contributed by atoms with Crippen molar-refractivity contribution in [1.29, 1.82) is 0 Å². The molecule has 0 N–H and O–H groups in total. The molecule has 236 valence electrons. The molecule has 0 atom stereocenters. The van der Waals surface area contributed by atoms with Gasteiger partial charge in [0.15, 0.2) is 5.69 Å². The smallest absolute Gasteiger partial charge is 0.360 e. The van der Waals surface area contributed by atoms with Crippen LogP contribution in [-0.2, 0) is 31.0 Å². The standard InChI is InChI=1S/C33H31F3N8O2/c1-20-10-24-26(28(11-20)43-9-8-40(2)30(45)18-43)14-38-15-29(24)44-6-4-22-23(27-17-41(3)39-31(27)33(34,35)36)12-21(13-25(22)32(44)46)16-42-7-5-37-19-42/h5,7,10-15,17,19H,4,6,8-9,16,18H2,1-3H3. The molecule has 10 nitrogen and oxygen atoms in total. The number of carbonyl (C=O) groups is 2. The molecule has 5 aromatic rings. The maximum Gasteiger partial charge on any atom is 0.435 e. The Labute approximate surface area is 262 Å². The first-order valence-corrected chi connectivity index (χ1v) is 14.9. The van der Waals surface area contributed by atoms with Gasteiger partial charge in [0.05, 0.1) is 24.8 Å².